The van der Waals surface area contributed by atoms with E-state index in [-0.39, 0.29) is 5.56 Å². The molecular formula is C16H14N6O2S. The first-order chi connectivity index (χ1) is 12.2. The minimum Gasteiger partial charge on any atom is -0.478 e. The summed E-state index contributed by atoms with van der Waals surface area (Å²) in [5.41, 5.74) is 2.15. The monoisotopic (exact) mass is 354 g/mol. The molecule has 9 heteroatoms. The van der Waals surface area contributed by atoms with Crippen molar-refractivity contribution in [3.05, 3.63) is 48.0 Å². The van der Waals surface area contributed by atoms with Crippen molar-refractivity contribution in [2.24, 2.45) is 0 Å². The van der Waals surface area contributed by atoms with Crippen molar-refractivity contribution in [3.8, 4) is 11.4 Å². The first kappa shape index (κ1) is 15.6. The number of imidazole rings is 1. The van der Waals surface area contributed by atoms with Crippen LogP contribution in [0.5, 0.6) is 0 Å². The summed E-state index contributed by atoms with van der Waals surface area (Å²) in [4.78, 5) is 28.4. The first-order valence-electron chi connectivity index (χ1n) is 7.64. The number of pyridine rings is 1. The van der Waals surface area contributed by atoms with Gasteiger partial charge in [0.2, 0.25) is 5.95 Å². The maximum absolute atomic E-state index is 11.1. The Bertz CT molecular complexity index is 920. The Labute approximate surface area is 147 Å². The summed E-state index contributed by atoms with van der Waals surface area (Å²) in [6.45, 7) is 1.51. The summed E-state index contributed by atoms with van der Waals surface area (Å²) in [7, 11) is 0. The van der Waals surface area contributed by atoms with E-state index >= 15 is 0 Å². The van der Waals surface area contributed by atoms with Crippen molar-refractivity contribution in [1.29, 1.82) is 0 Å². The predicted octanol–water partition coefficient (Wildman–Crippen LogP) is 2.15. The SMILES string of the molecule is O=C(O)c1ccnc(-c2ccnc(NCc3cn4c(n3)SCC4)n2)c1. The molecule has 1 aliphatic rings. The van der Waals surface area contributed by atoms with Gasteiger partial charge in [-0.05, 0) is 18.2 Å². The molecule has 0 amide bonds. The molecule has 4 rings (SSSR count). The summed E-state index contributed by atoms with van der Waals surface area (Å²) in [6.07, 6.45) is 5.10. The number of nitrogens with zero attached hydrogens (tertiary/aromatic N) is 5. The standard InChI is InChI=1S/C16H14N6O2S/c23-14(24)10-1-3-17-13(7-10)12-2-4-18-15(21-12)19-8-11-9-22-5-6-25-16(22)20-11/h1-4,7,9H,5-6,8H2,(H,23,24)(H,18,19,21). The van der Waals surface area contributed by atoms with Gasteiger partial charge in [0, 0.05) is 30.9 Å². The Balaban J connectivity index is 1.51. The molecule has 4 heterocycles. The van der Waals surface area contributed by atoms with Crippen LogP contribution < -0.4 is 5.32 Å². The summed E-state index contributed by atoms with van der Waals surface area (Å²) in [5, 5.41) is 13.3. The molecule has 2 N–H and O–H groups in total. The topological polar surface area (TPSA) is 106 Å². The van der Waals surface area contributed by atoms with Crippen molar-refractivity contribution < 1.29 is 9.90 Å². The van der Waals surface area contributed by atoms with Gasteiger partial charge in [0.15, 0.2) is 5.16 Å². The highest BCUT2D eigenvalue weighted by molar-refractivity contribution is 7.99. The highest BCUT2D eigenvalue weighted by Crippen LogP contribution is 2.24. The van der Waals surface area contributed by atoms with Gasteiger partial charge >= 0.3 is 5.97 Å². The lowest BCUT2D eigenvalue weighted by atomic mass is 10.2. The summed E-state index contributed by atoms with van der Waals surface area (Å²) in [6, 6.07) is 4.63. The smallest absolute Gasteiger partial charge is 0.335 e. The molecule has 8 nitrogen and oxygen atoms in total. The average Bonchev–Trinajstić information content (AvgIpc) is 3.22. The van der Waals surface area contributed by atoms with Crippen molar-refractivity contribution in [3.63, 3.8) is 0 Å². The number of aromatic nitrogens is 5. The van der Waals surface area contributed by atoms with E-state index in [1.165, 1.54) is 18.3 Å². The number of thioether (sulfide) groups is 1. The van der Waals surface area contributed by atoms with Crippen LogP contribution in [0.3, 0.4) is 0 Å². The van der Waals surface area contributed by atoms with E-state index in [4.69, 9.17) is 5.11 Å². The van der Waals surface area contributed by atoms with Gasteiger partial charge in [0.05, 0.1) is 29.2 Å². The van der Waals surface area contributed by atoms with E-state index < -0.39 is 5.97 Å². The van der Waals surface area contributed by atoms with Crippen molar-refractivity contribution in [1.82, 2.24) is 24.5 Å². The molecule has 3 aromatic heterocycles. The van der Waals surface area contributed by atoms with Gasteiger partial charge in [-0.15, -0.1) is 0 Å². The van der Waals surface area contributed by atoms with Crippen molar-refractivity contribution in [2.75, 3.05) is 11.1 Å². The fraction of sp³-hybridized carbons (Fsp3) is 0.188. The lowest BCUT2D eigenvalue weighted by Crippen LogP contribution is -2.05. The zero-order chi connectivity index (χ0) is 17.2. The molecule has 3 aromatic rings. The van der Waals surface area contributed by atoms with Crippen LogP contribution in [-0.4, -0.2) is 41.3 Å². The average molecular weight is 354 g/mol. The Kier molecular flexibility index (Phi) is 4.06. The minimum atomic E-state index is -0.998. The van der Waals surface area contributed by atoms with Gasteiger partial charge in [-0.25, -0.2) is 19.7 Å². The lowest BCUT2D eigenvalue weighted by molar-refractivity contribution is 0.0697. The third-order valence-corrected chi connectivity index (χ3v) is 4.68. The second-order valence-electron chi connectivity index (χ2n) is 5.41. The highest BCUT2D eigenvalue weighted by atomic mass is 32.2. The normalized spacial score (nSPS) is 12.8. The number of aryl methyl sites for hydroxylation is 1. The second-order valence-corrected chi connectivity index (χ2v) is 6.47. The van der Waals surface area contributed by atoms with Crippen LogP contribution in [0.2, 0.25) is 0 Å². The van der Waals surface area contributed by atoms with Gasteiger partial charge in [-0.3, -0.25) is 4.98 Å². The highest BCUT2D eigenvalue weighted by Gasteiger charge is 2.14. The number of fused-ring (bicyclic) bond motifs is 1. The van der Waals surface area contributed by atoms with Crippen LogP contribution in [0.4, 0.5) is 5.95 Å². The van der Waals surface area contributed by atoms with E-state index in [2.05, 4.69) is 29.8 Å². The van der Waals surface area contributed by atoms with Gasteiger partial charge in [0.1, 0.15) is 0 Å². The van der Waals surface area contributed by atoms with Crippen LogP contribution in [0.15, 0.2) is 41.9 Å². The second kappa shape index (κ2) is 6.52. The van der Waals surface area contributed by atoms with Crippen LogP contribution in [0.1, 0.15) is 16.1 Å². The molecule has 0 spiro atoms. The maximum Gasteiger partial charge on any atom is 0.335 e. The number of anilines is 1. The molecule has 0 radical (unpaired) electrons. The third-order valence-electron chi connectivity index (χ3n) is 3.71. The largest absolute Gasteiger partial charge is 0.478 e. The quantitative estimate of drug-likeness (QED) is 0.718. The molecule has 0 atom stereocenters. The Morgan fingerprint density at radius 1 is 1.24 bits per heavy atom. The molecule has 1 aliphatic heterocycles. The summed E-state index contributed by atoms with van der Waals surface area (Å²) >= 11 is 1.75. The predicted molar refractivity (Wildman–Crippen MR) is 92.5 cm³/mol. The van der Waals surface area contributed by atoms with Gasteiger partial charge in [-0.1, -0.05) is 11.8 Å². The Morgan fingerprint density at radius 2 is 2.12 bits per heavy atom. The van der Waals surface area contributed by atoms with Crippen LogP contribution >= 0.6 is 11.8 Å². The third kappa shape index (κ3) is 3.31. The van der Waals surface area contributed by atoms with Crippen LogP contribution in [0.25, 0.3) is 11.4 Å². The molecule has 0 bridgehead atoms. The number of carboxylic acid groups (broad SMARTS) is 1. The Hall–Kier alpha value is -2.94. The zero-order valence-corrected chi connectivity index (χ0v) is 13.9. The van der Waals surface area contributed by atoms with E-state index in [0.29, 0.717) is 23.9 Å². The molecule has 0 aliphatic carbocycles. The molecule has 0 fully saturated rings. The molecule has 0 saturated carbocycles. The zero-order valence-electron chi connectivity index (χ0n) is 13.1. The summed E-state index contributed by atoms with van der Waals surface area (Å²) < 4.78 is 2.14. The van der Waals surface area contributed by atoms with Crippen molar-refractivity contribution in [2.45, 2.75) is 18.2 Å². The number of rotatable bonds is 5. The molecule has 0 aromatic carbocycles. The maximum atomic E-state index is 11.1. The molecule has 126 valence electrons. The number of aromatic carboxylic acids is 1. The number of carboxylic acids is 1. The van der Waals surface area contributed by atoms with E-state index in [9.17, 15) is 4.79 Å². The number of hydrogen-bond acceptors (Lipinski definition) is 7. The first-order valence-corrected chi connectivity index (χ1v) is 8.63. The fourth-order valence-corrected chi connectivity index (χ4v) is 3.47. The minimum absolute atomic E-state index is 0.170. The Morgan fingerprint density at radius 3 is 2.96 bits per heavy atom. The lowest BCUT2D eigenvalue weighted by Gasteiger charge is -2.05. The molecule has 25 heavy (non-hydrogen) atoms. The van der Waals surface area contributed by atoms with Gasteiger partial charge in [0.25, 0.3) is 0 Å². The van der Waals surface area contributed by atoms with Crippen molar-refractivity contribution >= 4 is 23.7 Å². The molecule has 0 unspecified atom stereocenters. The van der Waals surface area contributed by atoms with E-state index in [1.54, 1.807) is 24.0 Å². The van der Waals surface area contributed by atoms with Crippen LogP contribution in [0, 0.1) is 0 Å². The summed E-state index contributed by atoms with van der Waals surface area (Å²) in [5.74, 6) is 0.520. The molecular weight excluding hydrogens is 340 g/mol. The molecule has 0 saturated heterocycles. The fourth-order valence-electron chi connectivity index (χ4n) is 2.51. The number of carbonyl (C=O) groups is 1. The van der Waals surface area contributed by atoms with Gasteiger partial charge in [-0.2, -0.15) is 0 Å². The van der Waals surface area contributed by atoms with Crippen LogP contribution in [-0.2, 0) is 13.1 Å². The number of nitrogens with one attached hydrogen (secondary N) is 1. The van der Waals surface area contributed by atoms with E-state index in [0.717, 1.165) is 23.1 Å². The van der Waals surface area contributed by atoms with E-state index in [1.807, 2.05) is 6.20 Å². The number of hydrogen-bond donors (Lipinski definition) is 2. The van der Waals surface area contributed by atoms with Gasteiger partial charge < -0.3 is 15.0 Å².